The minimum Gasteiger partial charge on any atom is -0.382 e. The lowest BCUT2D eigenvalue weighted by atomic mass is 10.1. The Balaban J connectivity index is 1.43. The van der Waals surface area contributed by atoms with E-state index in [1.54, 1.807) is 24.3 Å². The molecule has 8 heteroatoms. The highest BCUT2D eigenvalue weighted by atomic mass is 28.3. The van der Waals surface area contributed by atoms with Gasteiger partial charge in [0.15, 0.2) is 0 Å². The first-order chi connectivity index (χ1) is 13.4. The standard InChI is InChI=1S/C20H31NO6Si/c1-28(2,3)16-27-15-14-26-13-12-25-11-10-24-9-8-21-19(22)17-6-4-5-7-18(17)20(21)23/h4-7H,8-16H2,1-3H3. The van der Waals surface area contributed by atoms with Crippen LogP contribution >= 0.6 is 0 Å². The van der Waals surface area contributed by atoms with Crippen molar-refractivity contribution in [3.05, 3.63) is 35.4 Å². The van der Waals surface area contributed by atoms with Crippen molar-refractivity contribution in [1.29, 1.82) is 0 Å². The number of carbonyl (C=O) groups excluding carboxylic acids is 2. The molecule has 1 aromatic rings. The summed E-state index contributed by atoms with van der Waals surface area (Å²) in [6, 6.07) is 6.85. The van der Waals surface area contributed by atoms with E-state index in [2.05, 4.69) is 19.6 Å². The van der Waals surface area contributed by atoms with Gasteiger partial charge in [-0.15, -0.1) is 0 Å². The summed E-state index contributed by atoms with van der Waals surface area (Å²) < 4.78 is 21.9. The number of amides is 2. The molecule has 1 aromatic carbocycles. The molecule has 0 atom stereocenters. The summed E-state index contributed by atoms with van der Waals surface area (Å²) in [5, 5.41) is 0. The van der Waals surface area contributed by atoms with Gasteiger partial charge in [-0.3, -0.25) is 14.5 Å². The number of hydrogen-bond donors (Lipinski definition) is 0. The van der Waals surface area contributed by atoms with Crippen molar-refractivity contribution in [2.75, 3.05) is 59.0 Å². The van der Waals surface area contributed by atoms with Gasteiger partial charge in [0, 0.05) is 6.23 Å². The summed E-state index contributed by atoms with van der Waals surface area (Å²) in [7, 11) is -1.14. The SMILES string of the molecule is C[Si](C)(C)COCCOCCOCCOCCN1C(=O)c2ccccc2C1=O. The number of benzene rings is 1. The molecule has 0 fully saturated rings. The molecule has 1 heterocycles. The Bertz CT molecular complexity index is 611. The third-order valence-corrected chi connectivity index (χ3v) is 5.06. The summed E-state index contributed by atoms with van der Waals surface area (Å²) in [6.45, 7) is 10.4. The van der Waals surface area contributed by atoms with Crippen molar-refractivity contribution in [2.45, 2.75) is 19.6 Å². The molecule has 2 amide bonds. The zero-order valence-electron chi connectivity index (χ0n) is 17.1. The summed E-state index contributed by atoms with van der Waals surface area (Å²) in [5.74, 6) is -0.516. The lowest BCUT2D eigenvalue weighted by molar-refractivity contribution is 0.0000673. The van der Waals surface area contributed by atoms with Crippen molar-refractivity contribution < 1.29 is 28.5 Å². The summed E-state index contributed by atoms with van der Waals surface area (Å²) >= 11 is 0. The predicted molar refractivity (Wildman–Crippen MR) is 108 cm³/mol. The van der Waals surface area contributed by atoms with Gasteiger partial charge in [-0.2, -0.15) is 0 Å². The van der Waals surface area contributed by atoms with E-state index in [4.69, 9.17) is 18.9 Å². The Morgan fingerprint density at radius 2 is 1.14 bits per heavy atom. The molecule has 0 unspecified atom stereocenters. The number of hydrogen-bond acceptors (Lipinski definition) is 6. The molecule has 0 N–H and O–H groups in total. The maximum Gasteiger partial charge on any atom is 0.261 e. The Labute approximate surface area is 167 Å². The predicted octanol–water partition coefficient (Wildman–Crippen LogP) is 2.23. The van der Waals surface area contributed by atoms with Crippen molar-refractivity contribution in [1.82, 2.24) is 4.90 Å². The van der Waals surface area contributed by atoms with E-state index >= 15 is 0 Å². The summed E-state index contributed by atoms with van der Waals surface area (Å²) in [4.78, 5) is 25.6. The van der Waals surface area contributed by atoms with Crippen molar-refractivity contribution >= 4 is 19.9 Å². The van der Waals surface area contributed by atoms with Gasteiger partial charge < -0.3 is 18.9 Å². The molecule has 28 heavy (non-hydrogen) atoms. The van der Waals surface area contributed by atoms with Crippen LogP contribution in [0.5, 0.6) is 0 Å². The lowest BCUT2D eigenvalue weighted by Gasteiger charge is -2.15. The van der Waals surface area contributed by atoms with Crippen LogP contribution in [0.1, 0.15) is 20.7 Å². The third-order valence-electron chi connectivity index (χ3n) is 3.99. The molecule has 1 aliphatic heterocycles. The van der Waals surface area contributed by atoms with Crippen molar-refractivity contribution in [3.63, 3.8) is 0 Å². The van der Waals surface area contributed by atoms with Crippen LogP contribution < -0.4 is 0 Å². The number of rotatable bonds is 14. The van der Waals surface area contributed by atoms with Gasteiger partial charge in [0.05, 0.1) is 72.0 Å². The van der Waals surface area contributed by atoms with E-state index in [0.29, 0.717) is 57.4 Å². The number of fused-ring (bicyclic) bond motifs is 1. The molecule has 0 saturated carbocycles. The third kappa shape index (κ3) is 7.44. The molecule has 156 valence electrons. The van der Waals surface area contributed by atoms with Crippen LogP contribution in [0.15, 0.2) is 24.3 Å². The van der Waals surface area contributed by atoms with Crippen molar-refractivity contribution in [2.24, 2.45) is 0 Å². The fourth-order valence-corrected chi connectivity index (χ4v) is 3.39. The maximum absolute atomic E-state index is 12.2. The highest BCUT2D eigenvalue weighted by molar-refractivity contribution is 6.76. The minimum atomic E-state index is -1.14. The van der Waals surface area contributed by atoms with E-state index < -0.39 is 8.07 Å². The quantitative estimate of drug-likeness (QED) is 0.266. The number of ether oxygens (including phenoxy) is 4. The smallest absolute Gasteiger partial charge is 0.261 e. The number of imide groups is 1. The van der Waals surface area contributed by atoms with Gasteiger partial charge in [-0.1, -0.05) is 31.8 Å². The normalized spacial score (nSPS) is 14.0. The monoisotopic (exact) mass is 409 g/mol. The molecule has 0 aliphatic carbocycles. The second-order valence-electron chi connectivity index (χ2n) is 7.76. The minimum absolute atomic E-state index is 0.243. The second kappa shape index (κ2) is 11.4. The molecule has 2 rings (SSSR count). The van der Waals surface area contributed by atoms with Crippen LogP contribution in [-0.4, -0.2) is 83.8 Å². The van der Waals surface area contributed by atoms with Gasteiger partial charge >= 0.3 is 0 Å². The van der Waals surface area contributed by atoms with Gasteiger partial charge in [0.1, 0.15) is 0 Å². The van der Waals surface area contributed by atoms with Crippen LogP contribution in [0.4, 0.5) is 0 Å². The van der Waals surface area contributed by atoms with Gasteiger partial charge in [-0.05, 0) is 12.1 Å². The van der Waals surface area contributed by atoms with Crippen molar-refractivity contribution in [3.8, 4) is 0 Å². The summed E-state index contributed by atoms with van der Waals surface area (Å²) in [6.07, 6.45) is 0.852. The first-order valence-corrected chi connectivity index (χ1v) is 13.4. The Morgan fingerprint density at radius 3 is 1.61 bits per heavy atom. The second-order valence-corrected chi connectivity index (χ2v) is 13.2. The fourth-order valence-electron chi connectivity index (χ4n) is 2.64. The van der Waals surface area contributed by atoms with E-state index in [-0.39, 0.29) is 18.4 Å². The Kier molecular flexibility index (Phi) is 9.26. The fraction of sp³-hybridized carbons (Fsp3) is 0.600. The van der Waals surface area contributed by atoms with E-state index in [0.717, 1.165) is 6.23 Å². The zero-order chi connectivity index (χ0) is 20.4. The van der Waals surface area contributed by atoms with Crippen LogP contribution in [0.2, 0.25) is 19.6 Å². The average molecular weight is 410 g/mol. The molecule has 0 aromatic heterocycles. The van der Waals surface area contributed by atoms with Crippen LogP contribution in [-0.2, 0) is 18.9 Å². The number of carbonyl (C=O) groups is 2. The molecule has 0 radical (unpaired) electrons. The van der Waals surface area contributed by atoms with E-state index in [9.17, 15) is 9.59 Å². The van der Waals surface area contributed by atoms with Gasteiger partial charge in [-0.25, -0.2) is 0 Å². The summed E-state index contributed by atoms with van der Waals surface area (Å²) in [5.41, 5.74) is 0.920. The van der Waals surface area contributed by atoms with Gasteiger partial charge in [0.2, 0.25) is 0 Å². The molecule has 0 saturated heterocycles. The largest absolute Gasteiger partial charge is 0.382 e. The highest BCUT2D eigenvalue weighted by Crippen LogP contribution is 2.21. The molecule has 7 nitrogen and oxygen atoms in total. The van der Waals surface area contributed by atoms with Gasteiger partial charge in [0.25, 0.3) is 11.8 Å². The zero-order valence-corrected chi connectivity index (χ0v) is 18.1. The molecule has 0 spiro atoms. The maximum atomic E-state index is 12.2. The molecular formula is C20H31NO6Si. The Morgan fingerprint density at radius 1 is 0.714 bits per heavy atom. The molecule has 0 bridgehead atoms. The van der Waals surface area contributed by atoms with Crippen LogP contribution in [0.25, 0.3) is 0 Å². The first-order valence-electron chi connectivity index (χ1n) is 9.66. The van der Waals surface area contributed by atoms with E-state index in [1.807, 2.05) is 0 Å². The average Bonchev–Trinajstić information content (AvgIpc) is 2.89. The molecular weight excluding hydrogens is 378 g/mol. The Hall–Kier alpha value is -1.58. The lowest BCUT2D eigenvalue weighted by Crippen LogP contribution is -2.33. The van der Waals surface area contributed by atoms with Crippen LogP contribution in [0.3, 0.4) is 0 Å². The van der Waals surface area contributed by atoms with Crippen LogP contribution in [0, 0.1) is 0 Å². The topological polar surface area (TPSA) is 74.3 Å². The highest BCUT2D eigenvalue weighted by Gasteiger charge is 2.34. The molecule has 1 aliphatic rings. The first kappa shape index (κ1) is 22.7. The number of nitrogens with zero attached hydrogens (tertiary/aromatic N) is 1. The van der Waals surface area contributed by atoms with E-state index in [1.165, 1.54) is 4.90 Å².